The normalized spacial score (nSPS) is 9.94. The van der Waals surface area contributed by atoms with E-state index in [4.69, 9.17) is 5.11 Å². The second kappa shape index (κ2) is 4.61. The molecule has 0 saturated carbocycles. The van der Waals surface area contributed by atoms with Crippen LogP contribution in [0.15, 0.2) is 48.8 Å². The van der Waals surface area contributed by atoms with Crippen molar-refractivity contribution in [2.45, 2.75) is 0 Å². The average Bonchev–Trinajstić information content (AvgIpc) is 2.33. The van der Waals surface area contributed by atoms with Crippen LogP contribution in [-0.4, -0.2) is 16.2 Å². The number of pyridine rings is 1. The molecule has 0 radical (unpaired) electrons. The molecule has 2 aromatic rings. The first-order valence-electron chi connectivity index (χ1n) is 4.88. The van der Waals surface area contributed by atoms with Crippen molar-refractivity contribution in [1.82, 2.24) is 4.98 Å². The van der Waals surface area contributed by atoms with Crippen LogP contribution >= 0.6 is 0 Å². The molecule has 0 fully saturated rings. The third-order valence-electron chi connectivity index (χ3n) is 2.20. The van der Waals surface area contributed by atoms with Crippen molar-refractivity contribution in [3.63, 3.8) is 0 Å². The Balaban J connectivity index is 2.51. The molecule has 86 valence electrons. The van der Waals surface area contributed by atoms with Gasteiger partial charge in [0.1, 0.15) is 0 Å². The molecule has 4 nitrogen and oxygen atoms in total. The number of nitrogens with zero attached hydrogens (tertiary/aromatic N) is 2. The highest BCUT2D eigenvalue weighted by Crippen LogP contribution is 2.26. The predicted octanol–water partition coefficient (Wildman–Crippen LogP) is 3.04. The number of carbonyl (C=O) groups is 1. The molecule has 1 heterocycles. The summed E-state index contributed by atoms with van der Waals surface area (Å²) in [6, 6.07) is 9.62. The van der Waals surface area contributed by atoms with Gasteiger partial charge in [-0.15, -0.1) is 0 Å². The lowest BCUT2D eigenvalue weighted by atomic mass is 10.2. The largest absolute Gasteiger partial charge is 0.464 e. The number of anilines is 2. The number of amides is 1. The van der Waals surface area contributed by atoms with Crippen LogP contribution in [0, 0.1) is 5.82 Å². The molecule has 0 bridgehead atoms. The van der Waals surface area contributed by atoms with Crippen molar-refractivity contribution in [2.24, 2.45) is 0 Å². The van der Waals surface area contributed by atoms with Gasteiger partial charge in [0, 0.05) is 6.20 Å². The summed E-state index contributed by atoms with van der Waals surface area (Å²) < 4.78 is 13.5. The Morgan fingerprint density at radius 1 is 1.24 bits per heavy atom. The molecular formula is C12H9FN2O2. The molecule has 0 aliphatic rings. The minimum atomic E-state index is -1.25. The standard InChI is InChI=1S/C12H9FN2O2/c13-10-8-14-7-6-11(10)15(12(16)17)9-4-2-1-3-5-9/h1-8H,(H,16,17). The monoisotopic (exact) mass is 232 g/mol. The maximum absolute atomic E-state index is 13.5. The molecule has 1 N–H and O–H groups in total. The van der Waals surface area contributed by atoms with Gasteiger partial charge in [-0.1, -0.05) is 18.2 Å². The van der Waals surface area contributed by atoms with E-state index in [0.29, 0.717) is 5.69 Å². The highest BCUT2D eigenvalue weighted by atomic mass is 19.1. The van der Waals surface area contributed by atoms with Gasteiger partial charge in [0.15, 0.2) is 5.82 Å². The van der Waals surface area contributed by atoms with Crippen LogP contribution in [0.5, 0.6) is 0 Å². The van der Waals surface area contributed by atoms with E-state index in [0.717, 1.165) is 11.1 Å². The van der Waals surface area contributed by atoms with Crippen molar-refractivity contribution in [2.75, 3.05) is 4.90 Å². The van der Waals surface area contributed by atoms with E-state index < -0.39 is 11.9 Å². The van der Waals surface area contributed by atoms with E-state index in [1.807, 2.05) is 0 Å². The van der Waals surface area contributed by atoms with Gasteiger partial charge in [0.25, 0.3) is 0 Å². The SMILES string of the molecule is O=C(O)N(c1ccccc1)c1ccncc1F. The van der Waals surface area contributed by atoms with Crippen molar-refractivity contribution in [3.8, 4) is 0 Å². The zero-order valence-corrected chi connectivity index (χ0v) is 8.75. The first-order chi connectivity index (χ1) is 8.20. The van der Waals surface area contributed by atoms with Crippen molar-refractivity contribution < 1.29 is 14.3 Å². The molecule has 0 saturated heterocycles. The number of hydrogen-bond acceptors (Lipinski definition) is 2. The summed E-state index contributed by atoms with van der Waals surface area (Å²) in [6.45, 7) is 0. The Morgan fingerprint density at radius 3 is 2.53 bits per heavy atom. The fourth-order valence-corrected chi connectivity index (χ4v) is 1.48. The summed E-state index contributed by atoms with van der Waals surface area (Å²) in [7, 11) is 0. The maximum atomic E-state index is 13.5. The Morgan fingerprint density at radius 2 is 1.94 bits per heavy atom. The molecule has 1 aromatic heterocycles. The van der Waals surface area contributed by atoms with E-state index in [9.17, 15) is 9.18 Å². The molecule has 2 rings (SSSR count). The van der Waals surface area contributed by atoms with Crippen LogP contribution in [-0.2, 0) is 0 Å². The quantitative estimate of drug-likeness (QED) is 0.865. The Kier molecular flexibility index (Phi) is 3.00. The van der Waals surface area contributed by atoms with Crippen LogP contribution < -0.4 is 4.90 Å². The van der Waals surface area contributed by atoms with Crippen LogP contribution in [0.25, 0.3) is 0 Å². The highest BCUT2D eigenvalue weighted by Gasteiger charge is 2.19. The van der Waals surface area contributed by atoms with Gasteiger partial charge < -0.3 is 5.11 Å². The predicted molar refractivity (Wildman–Crippen MR) is 60.8 cm³/mol. The minimum absolute atomic E-state index is 0.0429. The topological polar surface area (TPSA) is 53.4 Å². The lowest BCUT2D eigenvalue weighted by Crippen LogP contribution is -2.24. The summed E-state index contributed by atoms with van der Waals surface area (Å²) in [6.07, 6.45) is 1.08. The molecule has 0 spiro atoms. The van der Waals surface area contributed by atoms with E-state index in [1.165, 1.54) is 12.3 Å². The number of hydrogen-bond donors (Lipinski definition) is 1. The number of carboxylic acid groups (broad SMARTS) is 1. The summed E-state index contributed by atoms with van der Waals surface area (Å²) in [5.74, 6) is -0.682. The van der Waals surface area contributed by atoms with E-state index >= 15 is 0 Å². The van der Waals surface area contributed by atoms with Gasteiger partial charge in [0.05, 0.1) is 17.6 Å². The van der Waals surface area contributed by atoms with Crippen molar-refractivity contribution in [3.05, 3.63) is 54.6 Å². The first kappa shape index (κ1) is 11.1. The molecule has 0 aliphatic heterocycles. The Hall–Kier alpha value is -2.43. The molecule has 1 aromatic carbocycles. The maximum Gasteiger partial charge on any atom is 0.416 e. The van der Waals surface area contributed by atoms with Crippen LogP contribution in [0.2, 0.25) is 0 Å². The van der Waals surface area contributed by atoms with Gasteiger partial charge in [-0.3, -0.25) is 4.98 Å². The second-order valence-corrected chi connectivity index (χ2v) is 3.28. The molecule has 5 heteroatoms. The Bertz CT molecular complexity index is 531. The van der Waals surface area contributed by atoms with Crippen molar-refractivity contribution >= 4 is 17.5 Å². The third-order valence-corrected chi connectivity index (χ3v) is 2.20. The number of benzene rings is 1. The van der Waals surface area contributed by atoms with Gasteiger partial charge in [0.2, 0.25) is 0 Å². The molecule has 1 amide bonds. The van der Waals surface area contributed by atoms with E-state index in [2.05, 4.69) is 4.98 Å². The summed E-state index contributed by atoms with van der Waals surface area (Å²) in [5, 5.41) is 9.14. The lowest BCUT2D eigenvalue weighted by Gasteiger charge is -2.19. The van der Waals surface area contributed by atoms with Crippen LogP contribution in [0.3, 0.4) is 0 Å². The van der Waals surface area contributed by atoms with E-state index in [-0.39, 0.29) is 5.69 Å². The Labute approximate surface area is 97.0 Å². The molecule has 0 atom stereocenters. The zero-order chi connectivity index (χ0) is 12.3. The zero-order valence-electron chi connectivity index (χ0n) is 8.75. The number of para-hydroxylation sites is 1. The molecular weight excluding hydrogens is 223 g/mol. The number of aromatic nitrogens is 1. The van der Waals surface area contributed by atoms with Gasteiger partial charge in [-0.05, 0) is 18.2 Å². The van der Waals surface area contributed by atoms with Gasteiger partial charge in [-0.25, -0.2) is 14.1 Å². The fourth-order valence-electron chi connectivity index (χ4n) is 1.48. The molecule has 17 heavy (non-hydrogen) atoms. The third kappa shape index (κ3) is 2.23. The molecule has 0 aliphatic carbocycles. The highest BCUT2D eigenvalue weighted by molar-refractivity contribution is 5.94. The first-order valence-corrected chi connectivity index (χ1v) is 4.88. The fraction of sp³-hybridized carbons (Fsp3) is 0. The molecule has 0 unspecified atom stereocenters. The lowest BCUT2D eigenvalue weighted by molar-refractivity contribution is 0.204. The van der Waals surface area contributed by atoms with E-state index in [1.54, 1.807) is 30.3 Å². The summed E-state index contributed by atoms with van der Waals surface area (Å²) >= 11 is 0. The van der Waals surface area contributed by atoms with Crippen LogP contribution in [0.4, 0.5) is 20.6 Å². The summed E-state index contributed by atoms with van der Waals surface area (Å²) in [5.41, 5.74) is 0.337. The van der Waals surface area contributed by atoms with Gasteiger partial charge in [-0.2, -0.15) is 0 Å². The second-order valence-electron chi connectivity index (χ2n) is 3.28. The van der Waals surface area contributed by atoms with Crippen LogP contribution in [0.1, 0.15) is 0 Å². The number of rotatable bonds is 2. The minimum Gasteiger partial charge on any atom is -0.464 e. The average molecular weight is 232 g/mol. The van der Waals surface area contributed by atoms with Crippen molar-refractivity contribution in [1.29, 1.82) is 0 Å². The smallest absolute Gasteiger partial charge is 0.416 e. The van der Waals surface area contributed by atoms with Gasteiger partial charge >= 0.3 is 6.09 Å². The number of halogens is 1. The summed E-state index contributed by atoms with van der Waals surface area (Å²) in [4.78, 5) is 15.6.